The lowest BCUT2D eigenvalue weighted by Crippen LogP contribution is -2.53. The highest BCUT2D eigenvalue weighted by Gasteiger charge is 2.33. The second-order valence-electron chi connectivity index (χ2n) is 5.87. The van der Waals surface area contributed by atoms with Gasteiger partial charge in [-0.15, -0.1) is 0 Å². The summed E-state index contributed by atoms with van der Waals surface area (Å²) < 4.78 is 0. The molecule has 1 fully saturated rings. The van der Waals surface area contributed by atoms with Crippen LogP contribution in [0.25, 0.3) is 0 Å². The summed E-state index contributed by atoms with van der Waals surface area (Å²) in [4.78, 5) is 2.46. The summed E-state index contributed by atoms with van der Waals surface area (Å²) in [6.45, 7) is 13.2. The van der Waals surface area contributed by atoms with Gasteiger partial charge in [0.2, 0.25) is 0 Å². The van der Waals surface area contributed by atoms with Crippen molar-refractivity contribution in [3.63, 3.8) is 0 Å². The van der Waals surface area contributed by atoms with Crippen LogP contribution >= 0.6 is 0 Å². The van der Waals surface area contributed by atoms with E-state index in [2.05, 4.69) is 37.9 Å². The van der Waals surface area contributed by atoms with E-state index in [1.165, 1.54) is 6.42 Å². The maximum absolute atomic E-state index is 9.42. The third-order valence-corrected chi connectivity index (χ3v) is 3.28. The Morgan fingerprint density at radius 1 is 1.47 bits per heavy atom. The normalized spacial score (nSPS) is 25.4. The van der Waals surface area contributed by atoms with E-state index in [1.807, 2.05) is 0 Å². The monoisotopic (exact) mass is 214 g/mol. The largest absolute Gasteiger partial charge is 0.394 e. The van der Waals surface area contributed by atoms with Gasteiger partial charge in [-0.1, -0.05) is 20.8 Å². The lowest BCUT2D eigenvalue weighted by atomic mass is 9.93. The lowest BCUT2D eigenvalue weighted by Gasteiger charge is -2.33. The van der Waals surface area contributed by atoms with Crippen LogP contribution in [0.1, 0.15) is 34.1 Å². The zero-order valence-electron chi connectivity index (χ0n) is 10.6. The Bertz CT molecular complexity index is 206. The molecule has 15 heavy (non-hydrogen) atoms. The highest BCUT2D eigenvalue weighted by molar-refractivity contribution is 4.90. The Kier molecular flexibility index (Phi) is 4.15. The highest BCUT2D eigenvalue weighted by Crippen LogP contribution is 2.29. The van der Waals surface area contributed by atoms with Gasteiger partial charge in [-0.25, -0.2) is 0 Å². The Morgan fingerprint density at radius 2 is 2.13 bits per heavy atom. The van der Waals surface area contributed by atoms with E-state index in [0.29, 0.717) is 5.41 Å². The number of rotatable bonds is 5. The van der Waals surface area contributed by atoms with Gasteiger partial charge in [0.05, 0.1) is 12.1 Å². The molecule has 0 aromatic rings. The average Bonchev–Trinajstić information content (AvgIpc) is 2.46. The summed E-state index contributed by atoms with van der Waals surface area (Å²) in [6.07, 6.45) is 1.26. The molecular weight excluding hydrogens is 188 g/mol. The van der Waals surface area contributed by atoms with Gasteiger partial charge in [0, 0.05) is 13.1 Å². The molecule has 1 aliphatic rings. The Labute approximate surface area is 93.9 Å². The zero-order chi connectivity index (χ0) is 11.5. The maximum atomic E-state index is 9.42. The van der Waals surface area contributed by atoms with Crippen LogP contribution in [0.5, 0.6) is 0 Å². The minimum absolute atomic E-state index is 0.144. The smallest absolute Gasteiger partial charge is 0.0623 e. The molecule has 1 unspecified atom stereocenters. The van der Waals surface area contributed by atoms with E-state index >= 15 is 0 Å². The lowest BCUT2D eigenvalue weighted by molar-refractivity contribution is 0.128. The molecule has 1 saturated heterocycles. The molecule has 0 aliphatic carbocycles. The van der Waals surface area contributed by atoms with Crippen molar-refractivity contribution in [1.82, 2.24) is 10.2 Å². The topological polar surface area (TPSA) is 35.5 Å². The van der Waals surface area contributed by atoms with E-state index in [1.54, 1.807) is 0 Å². The number of aliphatic hydroxyl groups is 1. The molecule has 3 nitrogen and oxygen atoms in total. The summed E-state index contributed by atoms with van der Waals surface area (Å²) in [6, 6.07) is 0. The Balaban J connectivity index is 2.46. The number of likely N-dealkylation sites (tertiary alicyclic amines) is 1. The van der Waals surface area contributed by atoms with Crippen LogP contribution in [0.15, 0.2) is 0 Å². The summed E-state index contributed by atoms with van der Waals surface area (Å²) in [5.74, 6) is 0. The van der Waals surface area contributed by atoms with Gasteiger partial charge in [-0.2, -0.15) is 0 Å². The second-order valence-corrected chi connectivity index (χ2v) is 5.87. The number of hydrogen-bond acceptors (Lipinski definition) is 3. The van der Waals surface area contributed by atoms with Crippen molar-refractivity contribution in [2.75, 3.05) is 32.8 Å². The molecular formula is C12H26N2O. The number of nitrogens with one attached hydrogen (secondary N) is 1. The summed E-state index contributed by atoms with van der Waals surface area (Å²) in [7, 11) is 0. The third kappa shape index (κ3) is 3.74. The first-order valence-electron chi connectivity index (χ1n) is 5.99. The van der Waals surface area contributed by atoms with Crippen LogP contribution in [0.2, 0.25) is 0 Å². The van der Waals surface area contributed by atoms with Crippen molar-refractivity contribution < 1.29 is 5.11 Å². The van der Waals surface area contributed by atoms with Gasteiger partial charge in [0.25, 0.3) is 0 Å². The van der Waals surface area contributed by atoms with E-state index < -0.39 is 0 Å². The van der Waals surface area contributed by atoms with E-state index in [-0.39, 0.29) is 12.1 Å². The standard InChI is InChI=1S/C12H26N2O/c1-5-13-12(4,10-15)9-14-7-6-11(2,3)8-14/h13,15H,5-10H2,1-4H3. The highest BCUT2D eigenvalue weighted by atomic mass is 16.3. The molecule has 0 aromatic heterocycles. The van der Waals surface area contributed by atoms with Gasteiger partial charge in [0.15, 0.2) is 0 Å². The molecule has 0 spiro atoms. The van der Waals surface area contributed by atoms with Crippen molar-refractivity contribution >= 4 is 0 Å². The van der Waals surface area contributed by atoms with Gasteiger partial charge in [0.1, 0.15) is 0 Å². The number of aliphatic hydroxyl groups excluding tert-OH is 1. The molecule has 1 rings (SSSR count). The molecule has 0 bridgehead atoms. The van der Waals surface area contributed by atoms with Crippen molar-refractivity contribution in [1.29, 1.82) is 0 Å². The van der Waals surface area contributed by atoms with Gasteiger partial charge < -0.3 is 15.3 Å². The third-order valence-electron chi connectivity index (χ3n) is 3.28. The predicted molar refractivity (Wildman–Crippen MR) is 64.0 cm³/mol. The van der Waals surface area contributed by atoms with E-state index in [0.717, 1.165) is 26.2 Å². The van der Waals surface area contributed by atoms with Crippen LogP contribution in [0.3, 0.4) is 0 Å². The first-order valence-corrected chi connectivity index (χ1v) is 5.99. The van der Waals surface area contributed by atoms with Gasteiger partial charge >= 0.3 is 0 Å². The molecule has 90 valence electrons. The van der Waals surface area contributed by atoms with E-state index in [4.69, 9.17) is 0 Å². The number of nitrogens with zero attached hydrogens (tertiary/aromatic N) is 1. The summed E-state index contributed by atoms with van der Waals surface area (Å²) >= 11 is 0. The Morgan fingerprint density at radius 3 is 2.53 bits per heavy atom. The molecule has 2 N–H and O–H groups in total. The molecule has 1 aliphatic heterocycles. The fraction of sp³-hybridized carbons (Fsp3) is 1.00. The van der Waals surface area contributed by atoms with Crippen LogP contribution < -0.4 is 5.32 Å². The van der Waals surface area contributed by atoms with Crippen LogP contribution in [-0.2, 0) is 0 Å². The predicted octanol–water partition coefficient (Wildman–Crippen LogP) is 1.08. The Hall–Kier alpha value is -0.120. The zero-order valence-corrected chi connectivity index (χ0v) is 10.6. The molecule has 0 saturated carbocycles. The number of likely N-dealkylation sites (N-methyl/N-ethyl adjacent to an activating group) is 1. The molecule has 0 radical (unpaired) electrons. The van der Waals surface area contributed by atoms with Gasteiger partial charge in [-0.05, 0) is 31.8 Å². The SMILES string of the molecule is CCNC(C)(CO)CN1CCC(C)(C)C1. The van der Waals surface area contributed by atoms with Crippen molar-refractivity contribution in [2.45, 2.75) is 39.7 Å². The maximum Gasteiger partial charge on any atom is 0.0623 e. The second kappa shape index (κ2) is 4.81. The molecule has 0 amide bonds. The van der Waals surface area contributed by atoms with E-state index in [9.17, 15) is 5.11 Å². The van der Waals surface area contributed by atoms with Crippen LogP contribution in [0, 0.1) is 5.41 Å². The summed E-state index contributed by atoms with van der Waals surface area (Å²) in [5, 5.41) is 12.8. The van der Waals surface area contributed by atoms with Crippen molar-refractivity contribution in [3.05, 3.63) is 0 Å². The number of hydrogen-bond donors (Lipinski definition) is 2. The van der Waals surface area contributed by atoms with Crippen LogP contribution in [-0.4, -0.2) is 48.3 Å². The molecule has 0 aromatic carbocycles. The first-order chi connectivity index (χ1) is 6.91. The summed E-state index contributed by atoms with van der Waals surface area (Å²) in [5.41, 5.74) is 0.303. The van der Waals surface area contributed by atoms with Crippen molar-refractivity contribution in [3.8, 4) is 0 Å². The average molecular weight is 214 g/mol. The minimum atomic E-state index is -0.144. The molecule has 3 heteroatoms. The van der Waals surface area contributed by atoms with Gasteiger partial charge in [-0.3, -0.25) is 0 Å². The molecule has 1 heterocycles. The van der Waals surface area contributed by atoms with Crippen LogP contribution in [0.4, 0.5) is 0 Å². The fourth-order valence-electron chi connectivity index (χ4n) is 2.44. The minimum Gasteiger partial charge on any atom is -0.394 e. The first kappa shape index (κ1) is 12.9. The molecule has 1 atom stereocenters. The fourth-order valence-corrected chi connectivity index (χ4v) is 2.44. The quantitative estimate of drug-likeness (QED) is 0.719. The van der Waals surface area contributed by atoms with Crippen molar-refractivity contribution in [2.24, 2.45) is 5.41 Å².